The number of morpholine rings is 1. The Balaban J connectivity index is 0.00000169. The second-order valence-corrected chi connectivity index (χ2v) is 7.51. The van der Waals surface area contributed by atoms with Crippen LogP contribution in [0.1, 0.15) is 24.3 Å². The van der Waals surface area contributed by atoms with E-state index in [1.807, 2.05) is 30.3 Å². The number of piperidine rings is 1. The maximum Gasteiger partial charge on any atom is 0.316 e. The Morgan fingerprint density at radius 1 is 1.25 bits per heavy atom. The molecule has 3 aliphatic rings. The second kappa shape index (κ2) is 6.41. The Morgan fingerprint density at radius 3 is 2.38 bits per heavy atom. The van der Waals surface area contributed by atoms with Crippen molar-refractivity contribution >= 4 is 5.97 Å². The molecule has 4 rings (SSSR count). The molecule has 1 aromatic carbocycles. The lowest BCUT2D eigenvalue weighted by molar-refractivity contribution is -0.938. The van der Waals surface area contributed by atoms with E-state index in [9.17, 15) is 9.90 Å². The first-order valence-corrected chi connectivity index (χ1v) is 8.37. The number of quaternary nitrogens is 1. The van der Waals surface area contributed by atoms with E-state index in [0.717, 1.165) is 22.9 Å². The molecule has 6 heteroatoms. The van der Waals surface area contributed by atoms with Gasteiger partial charge in [-0.25, -0.2) is 0 Å². The van der Waals surface area contributed by atoms with Crippen molar-refractivity contribution in [3.63, 3.8) is 0 Å². The van der Waals surface area contributed by atoms with Gasteiger partial charge in [-0.3, -0.25) is 4.79 Å². The van der Waals surface area contributed by atoms with E-state index in [1.54, 1.807) is 0 Å². The minimum atomic E-state index is -0.593. The number of carbonyl (C=O) groups excluding carboxylic acids is 1. The van der Waals surface area contributed by atoms with Crippen molar-refractivity contribution in [2.45, 2.75) is 49.2 Å². The number of esters is 1. The lowest BCUT2D eigenvalue weighted by Crippen LogP contribution is -3.00. The van der Waals surface area contributed by atoms with Crippen LogP contribution in [-0.4, -0.2) is 66.7 Å². The lowest BCUT2D eigenvalue weighted by atomic mass is 9.95. The number of epoxide rings is 1. The highest BCUT2D eigenvalue weighted by Gasteiger charge is 2.70. The summed E-state index contributed by atoms with van der Waals surface area (Å²) in [4.78, 5) is 12.5. The normalized spacial score (nSPS) is 36.2. The van der Waals surface area contributed by atoms with Gasteiger partial charge in [-0.1, -0.05) is 30.3 Å². The van der Waals surface area contributed by atoms with Crippen LogP contribution in [0.4, 0.5) is 0 Å². The molecule has 0 radical (unpaired) electrons. The van der Waals surface area contributed by atoms with Gasteiger partial charge in [0.25, 0.3) is 0 Å². The van der Waals surface area contributed by atoms with E-state index < -0.39 is 5.92 Å². The van der Waals surface area contributed by atoms with Crippen molar-refractivity contribution in [3.05, 3.63) is 35.9 Å². The fourth-order valence-corrected chi connectivity index (χ4v) is 4.55. The number of hydrogen-bond acceptors (Lipinski definition) is 4. The minimum Gasteiger partial charge on any atom is -1.00 e. The first-order valence-electron chi connectivity index (χ1n) is 8.37. The van der Waals surface area contributed by atoms with E-state index in [4.69, 9.17) is 9.47 Å². The van der Waals surface area contributed by atoms with E-state index in [2.05, 4.69) is 14.1 Å². The smallest absolute Gasteiger partial charge is 0.316 e. The molecule has 3 aliphatic heterocycles. The SMILES string of the molecule is C[N+]1(C)C2CC(OC(=O)[C@@H](CO)c3ccccc3)CC1C1OC12.[Br-]. The predicted octanol–water partition coefficient (Wildman–Crippen LogP) is -1.93. The zero-order valence-electron chi connectivity index (χ0n) is 14.0. The van der Waals surface area contributed by atoms with Crippen LogP contribution in [0.15, 0.2) is 30.3 Å². The highest BCUT2D eigenvalue weighted by atomic mass is 79.9. The van der Waals surface area contributed by atoms with Crippen molar-refractivity contribution < 1.29 is 40.8 Å². The topological polar surface area (TPSA) is 59.1 Å². The van der Waals surface area contributed by atoms with E-state index >= 15 is 0 Å². The van der Waals surface area contributed by atoms with Crippen molar-refractivity contribution in [2.75, 3.05) is 20.7 Å². The number of halogens is 1. The van der Waals surface area contributed by atoms with Crippen LogP contribution < -0.4 is 17.0 Å². The van der Waals surface area contributed by atoms with Crippen LogP contribution in [-0.2, 0) is 14.3 Å². The molecular formula is C18H24BrNO4. The molecule has 24 heavy (non-hydrogen) atoms. The number of ether oxygens (including phenoxy) is 2. The summed E-state index contributed by atoms with van der Waals surface area (Å²) in [5.74, 6) is -0.908. The van der Waals surface area contributed by atoms with Gasteiger partial charge >= 0.3 is 5.97 Å². The Morgan fingerprint density at radius 2 is 1.83 bits per heavy atom. The summed E-state index contributed by atoms with van der Waals surface area (Å²) in [5, 5.41) is 9.60. The Bertz CT molecular complexity index is 588. The van der Waals surface area contributed by atoms with Gasteiger partial charge in [-0.15, -0.1) is 0 Å². The number of carbonyl (C=O) groups is 1. The molecular weight excluding hydrogens is 374 g/mol. The van der Waals surface area contributed by atoms with Gasteiger partial charge in [-0.05, 0) is 5.56 Å². The Labute approximate surface area is 152 Å². The van der Waals surface area contributed by atoms with E-state index in [-0.39, 0.29) is 35.7 Å². The molecule has 3 fully saturated rings. The number of benzene rings is 1. The monoisotopic (exact) mass is 397 g/mol. The molecule has 3 heterocycles. The third-order valence-corrected chi connectivity index (χ3v) is 5.99. The molecule has 1 aromatic rings. The zero-order chi connectivity index (χ0) is 16.2. The van der Waals surface area contributed by atoms with Gasteiger partial charge < -0.3 is 36.0 Å². The first-order chi connectivity index (χ1) is 11.0. The molecule has 132 valence electrons. The van der Waals surface area contributed by atoms with Gasteiger partial charge in [0, 0.05) is 12.8 Å². The average molecular weight is 398 g/mol. The van der Waals surface area contributed by atoms with Crippen molar-refractivity contribution in [1.29, 1.82) is 0 Å². The van der Waals surface area contributed by atoms with E-state index in [0.29, 0.717) is 24.3 Å². The van der Waals surface area contributed by atoms with Crippen molar-refractivity contribution in [1.82, 2.24) is 0 Å². The van der Waals surface area contributed by atoms with Crippen molar-refractivity contribution in [3.8, 4) is 0 Å². The third kappa shape index (κ3) is 2.79. The summed E-state index contributed by atoms with van der Waals surface area (Å²) in [6, 6.07) is 10.2. The number of likely N-dealkylation sites (N-methyl/N-ethyl adjacent to an activating group) is 1. The van der Waals surface area contributed by atoms with Crippen LogP contribution in [0.3, 0.4) is 0 Å². The average Bonchev–Trinajstić information content (AvgIpc) is 3.27. The largest absolute Gasteiger partial charge is 1.00 e. The molecule has 3 saturated heterocycles. The number of hydrogen-bond donors (Lipinski definition) is 1. The molecule has 5 nitrogen and oxygen atoms in total. The minimum absolute atomic E-state index is 0. The van der Waals surface area contributed by atoms with Crippen LogP contribution in [0, 0.1) is 0 Å². The first kappa shape index (κ1) is 17.9. The summed E-state index contributed by atoms with van der Waals surface area (Å²) in [5.41, 5.74) is 0.807. The highest BCUT2D eigenvalue weighted by molar-refractivity contribution is 5.78. The van der Waals surface area contributed by atoms with Gasteiger partial charge in [0.05, 0.1) is 20.7 Å². The Hall–Kier alpha value is -0.950. The third-order valence-electron chi connectivity index (χ3n) is 5.99. The number of fused-ring (bicyclic) bond motifs is 5. The van der Waals surface area contributed by atoms with Gasteiger partial charge in [0.2, 0.25) is 0 Å². The predicted molar refractivity (Wildman–Crippen MR) is 83.7 cm³/mol. The number of nitrogens with zero attached hydrogens (tertiary/aromatic N) is 1. The molecule has 5 atom stereocenters. The van der Waals surface area contributed by atoms with E-state index in [1.165, 1.54) is 0 Å². The molecule has 1 N–H and O–H groups in total. The van der Waals surface area contributed by atoms with Gasteiger partial charge in [0.15, 0.2) is 0 Å². The van der Waals surface area contributed by atoms with Crippen LogP contribution in [0.2, 0.25) is 0 Å². The second-order valence-electron chi connectivity index (χ2n) is 7.51. The summed E-state index contributed by atoms with van der Waals surface area (Å²) in [7, 11) is 4.51. The fourth-order valence-electron chi connectivity index (χ4n) is 4.55. The van der Waals surface area contributed by atoms with Crippen LogP contribution in [0.5, 0.6) is 0 Å². The highest BCUT2D eigenvalue weighted by Crippen LogP contribution is 2.51. The molecule has 0 saturated carbocycles. The summed E-state index contributed by atoms with van der Waals surface area (Å²) in [6.45, 7) is -0.224. The van der Waals surface area contributed by atoms with Gasteiger partial charge in [-0.2, -0.15) is 0 Å². The van der Waals surface area contributed by atoms with Crippen LogP contribution >= 0.6 is 0 Å². The Kier molecular flexibility index (Phi) is 4.77. The maximum absolute atomic E-state index is 12.5. The van der Waals surface area contributed by atoms with Crippen LogP contribution in [0.25, 0.3) is 0 Å². The quantitative estimate of drug-likeness (QED) is 0.365. The molecule has 4 unspecified atom stereocenters. The standard InChI is InChI=1S/C18H24NO4.BrH/c1-19(2)14-8-12(9-15(19)17-16(14)23-17)22-18(21)13(10-20)11-6-4-3-5-7-11;/h3-7,12-17,20H,8-10H2,1-2H3;1H/q+1;/p-1/t12?,13-,14?,15?,16?,17?;/m0./s1. The molecule has 0 aliphatic carbocycles. The lowest BCUT2D eigenvalue weighted by Gasteiger charge is -2.45. The fraction of sp³-hybridized carbons (Fsp3) is 0.611. The molecule has 0 aromatic heterocycles. The number of rotatable bonds is 4. The summed E-state index contributed by atoms with van der Waals surface area (Å²) in [6.07, 6.45) is 2.34. The number of aliphatic hydroxyl groups excluding tert-OH is 1. The van der Waals surface area contributed by atoms with Crippen molar-refractivity contribution in [2.24, 2.45) is 0 Å². The molecule has 2 bridgehead atoms. The number of aliphatic hydroxyl groups is 1. The molecule has 0 spiro atoms. The maximum atomic E-state index is 12.5. The molecule has 0 amide bonds. The zero-order valence-corrected chi connectivity index (χ0v) is 15.6. The van der Waals surface area contributed by atoms with Gasteiger partial charge in [0.1, 0.15) is 36.3 Å². The summed E-state index contributed by atoms with van der Waals surface area (Å²) < 4.78 is 12.5. The summed E-state index contributed by atoms with van der Waals surface area (Å²) >= 11 is 0.